The molecule has 0 atom stereocenters. The Labute approximate surface area is 127 Å². The highest BCUT2D eigenvalue weighted by Gasteiger charge is 2.29. The minimum Gasteiger partial charge on any atom is -0.454 e. The van der Waals surface area contributed by atoms with Crippen LogP contribution in [0.25, 0.3) is 0 Å². The molecular formula is C15H18BrNO3. The van der Waals surface area contributed by atoms with Gasteiger partial charge in [-0.25, -0.2) is 0 Å². The van der Waals surface area contributed by atoms with Gasteiger partial charge in [0.25, 0.3) is 5.91 Å². The van der Waals surface area contributed by atoms with Crippen LogP contribution in [0.3, 0.4) is 0 Å². The molecule has 0 radical (unpaired) electrons. The van der Waals surface area contributed by atoms with E-state index in [1.54, 1.807) is 6.07 Å². The highest BCUT2D eigenvalue weighted by Crippen LogP contribution is 2.34. The van der Waals surface area contributed by atoms with Crippen LogP contribution in [0.15, 0.2) is 18.2 Å². The second kappa shape index (κ2) is 6.04. The third kappa shape index (κ3) is 2.64. The van der Waals surface area contributed by atoms with E-state index in [0.717, 1.165) is 36.9 Å². The van der Waals surface area contributed by atoms with Gasteiger partial charge in [-0.1, -0.05) is 15.9 Å². The molecule has 20 heavy (non-hydrogen) atoms. The van der Waals surface area contributed by atoms with E-state index in [0.29, 0.717) is 17.4 Å². The third-order valence-electron chi connectivity index (χ3n) is 3.93. The molecule has 0 spiro atoms. The van der Waals surface area contributed by atoms with Crippen LogP contribution in [0.2, 0.25) is 0 Å². The zero-order valence-corrected chi connectivity index (χ0v) is 12.9. The van der Waals surface area contributed by atoms with E-state index in [1.807, 2.05) is 17.0 Å². The van der Waals surface area contributed by atoms with E-state index in [9.17, 15) is 4.79 Å². The normalized spacial score (nSPS) is 16.9. The minimum absolute atomic E-state index is 0.106. The van der Waals surface area contributed by atoms with Gasteiger partial charge in [0, 0.05) is 23.5 Å². The number of carbonyl (C=O) groups is 1. The molecule has 108 valence electrons. The van der Waals surface area contributed by atoms with Gasteiger partial charge < -0.3 is 14.4 Å². The van der Waals surface area contributed by atoms with Gasteiger partial charge in [0.05, 0.1) is 0 Å². The molecule has 0 saturated heterocycles. The third-order valence-corrected chi connectivity index (χ3v) is 4.49. The Kier molecular flexibility index (Phi) is 4.15. The molecular weight excluding hydrogens is 322 g/mol. The summed E-state index contributed by atoms with van der Waals surface area (Å²) in [7, 11) is 0. The first-order valence-electron chi connectivity index (χ1n) is 7.06. The molecule has 1 saturated carbocycles. The number of alkyl halides is 1. The van der Waals surface area contributed by atoms with E-state index < -0.39 is 0 Å². The Morgan fingerprint density at radius 2 is 2.10 bits per heavy atom. The maximum Gasteiger partial charge on any atom is 0.254 e. The lowest BCUT2D eigenvalue weighted by Crippen LogP contribution is -2.44. The van der Waals surface area contributed by atoms with Crippen molar-refractivity contribution in [3.8, 4) is 11.5 Å². The van der Waals surface area contributed by atoms with Gasteiger partial charge in [-0.15, -0.1) is 0 Å². The van der Waals surface area contributed by atoms with Crippen molar-refractivity contribution in [1.82, 2.24) is 4.90 Å². The molecule has 1 amide bonds. The fourth-order valence-corrected chi connectivity index (χ4v) is 2.82. The Morgan fingerprint density at radius 3 is 2.80 bits per heavy atom. The predicted molar refractivity (Wildman–Crippen MR) is 79.7 cm³/mol. The summed E-state index contributed by atoms with van der Waals surface area (Å²) in [6, 6.07) is 5.85. The molecule has 5 heteroatoms. The summed E-state index contributed by atoms with van der Waals surface area (Å²) < 4.78 is 10.6. The number of halogens is 1. The first kappa shape index (κ1) is 13.7. The molecule has 0 aromatic heterocycles. The lowest BCUT2D eigenvalue weighted by Gasteiger charge is -2.37. The Bertz CT molecular complexity index is 502. The summed E-state index contributed by atoms with van der Waals surface area (Å²) in [5, 5.41) is 0.921. The molecule has 0 unspecified atom stereocenters. The van der Waals surface area contributed by atoms with Gasteiger partial charge in [-0.3, -0.25) is 4.79 Å². The second-order valence-electron chi connectivity index (χ2n) is 5.19. The predicted octanol–water partition coefficient (Wildman–Crippen LogP) is 3.20. The van der Waals surface area contributed by atoms with E-state index in [1.165, 1.54) is 6.42 Å². The van der Waals surface area contributed by atoms with Gasteiger partial charge in [0.2, 0.25) is 6.79 Å². The summed E-state index contributed by atoms with van der Waals surface area (Å²) >= 11 is 3.44. The Hall–Kier alpha value is -1.23. The van der Waals surface area contributed by atoms with Crippen molar-refractivity contribution in [2.45, 2.75) is 31.7 Å². The van der Waals surface area contributed by atoms with Crippen LogP contribution in [0.5, 0.6) is 11.5 Å². The summed E-state index contributed by atoms with van der Waals surface area (Å²) in [4.78, 5) is 14.7. The number of ether oxygens (including phenoxy) is 2. The first-order chi connectivity index (χ1) is 9.79. The van der Waals surface area contributed by atoms with Crippen LogP contribution in [0.1, 0.15) is 36.0 Å². The summed E-state index contributed by atoms with van der Waals surface area (Å²) in [6.07, 6.45) is 4.45. The fourth-order valence-electron chi connectivity index (χ4n) is 2.57. The monoisotopic (exact) mass is 339 g/mol. The molecule has 1 aromatic rings. The van der Waals surface area contributed by atoms with Gasteiger partial charge >= 0.3 is 0 Å². The highest BCUT2D eigenvalue weighted by molar-refractivity contribution is 9.09. The van der Waals surface area contributed by atoms with Crippen LogP contribution in [-0.4, -0.2) is 35.5 Å². The standard InChI is InChI=1S/C15H18BrNO3/c16-7-2-8-17(12-3-1-4-12)15(18)11-5-6-13-14(9-11)20-10-19-13/h5-6,9,12H,1-4,7-8,10H2. The molecule has 1 heterocycles. The van der Waals surface area contributed by atoms with Crippen molar-refractivity contribution in [1.29, 1.82) is 0 Å². The first-order valence-corrected chi connectivity index (χ1v) is 8.18. The fraction of sp³-hybridized carbons (Fsp3) is 0.533. The van der Waals surface area contributed by atoms with Crippen molar-refractivity contribution in [2.75, 3.05) is 18.7 Å². The molecule has 3 rings (SSSR count). The molecule has 1 fully saturated rings. The zero-order chi connectivity index (χ0) is 13.9. The van der Waals surface area contributed by atoms with Crippen molar-refractivity contribution in [2.24, 2.45) is 0 Å². The van der Waals surface area contributed by atoms with Crippen LogP contribution in [0, 0.1) is 0 Å². The average Bonchev–Trinajstić information content (AvgIpc) is 2.87. The topological polar surface area (TPSA) is 38.8 Å². The lowest BCUT2D eigenvalue weighted by atomic mass is 9.90. The SMILES string of the molecule is O=C(c1ccc2c(c1)OCO2)N(CCCBr)C1CCC1. The van der Waals surface area contributed by atoms with Gasteiger partial charge in [0.1, 0.15) is 0 Å². The quantitative estimate of drug-likeness (QED) is 0.773. The largest absolute Gasteiger partial charge is 0.454 e. The Morgan fingerprint density at radius 1 is 1.30 bits per heavy atom. The zero-order valence-electron chi connectivity index (χ0n) is 11.3. The smallest absolute Gasteiger partial charge is 0.254 e. The van der Waals surface area contributed by atoms with Crippen molar-refractivity contribution in [3.05, 3.63) is 23.8 Å². The summed E-state index contributed by atoms with van der Waals surface area (Å²) in [5.41, 5.74) is 0.690. The number of hydrogen-bond donors (Lipinski definition) is 0. The molecule has 2 aliphatic rings. The summed E-state index contributed by atoms with van der Waals surface area (Å²) in [6.45, 7) is 1.05. The van der Waals surface area contributed by atoms with Crippen LogP contribution >= 0.6 is 15.9 Å². The maximum absolute atomic E-state index is 12.7. The van der Waals surface area contributed by atoms with Gasteiger partial charge in [0.15, 0.2) is 11.5 Å². The van der Waals surface area contributed by atoms with Gasteiger partial charge in [-0.05, 0) is 43.9 Å². The number of rotatable bonds is 5. The highest BCUT2D eigenvalue weighted by atomic mass is 79.9. The van der Waals surface area contributed by atoms with Crippen LogP contribution in [0.4, 0.5) is 0 Å². The molecule has 0 bridgehead atoms. The summed E-state index contributed by atoms with van der Waals surface area (Å²) in [5.74, 6) is 1.50. The maximum atomic E-state index is 12.7. The lowest BCUT2D eigenvalue weighted by molar-refractivity contribution is 0.0581. The molecule has 0 N–H and O–H groups in total. The number of benzene rings is 1. The number of nitrogens with zero attached hydrogens (tertiary/aromatic N) is 1. The molecule has 4 nitrogen and oxygen atoms in total. The van der Waals surface area contributed by atoms with E-state index in [4.69, 9.17) is 9.47 Å². The molecule has 1 aromatic carbocycles. The number of amides is 1. The number of hydrogen-bond acceptors (Lipinski definition) is 3. The van der Waals surface area contributed by atoms with Crippen molar-refractivity contribution in [3.63, 3.8) is 0 Å². The van der Waals surface area contributed by atoms with Crippen LogP contribution in [-0.2, 0) is 0 Å². The van der Waals surface area contributed by atoms with Crippen molar-refractivity contribution < 1.29 is 14.3 Å². The number of fused-ring (bicyclic) bond motifs is 1. The number of carbonyl (C=O) groups excluding carboxylic acids is 1. The van der Waals surface area contributed by atoms with E-state index in [-0.39, 0.29) is 12.7 Å². The molecule has 1 aliphatic carbocycles. The Balaban J connectivity index is 1.77. The van der Waals surface area contributed by atoms with E-state index >= 15 is 0 Å². The van der Waals surface area contributed by atoms with Crippen LogP contribution < -0.4 is 9.47 Å². The minimum atomic E-state index is 0.106. The van der Waals surface area contributed by atoms with E-state index in [2.05, 4.69) is 15.9 Å². The second-order valence-corrected chi connectivity index (χ2v) is 5.99. The average molecular weight is 340 g/mol. The van der Waals surface area contributed by atoms with Crippen molar-refractivity contribution >= 4 is 21.8 Å². The molecule has 1 aliphatic heterocycles. The van der Waals surface area contributed by atoms with Gasteiger partial charge in [-0.2, -0.15) is 0 Å².